The van der Waals surface area contributed by atoms with Crippen LogP contribution in [0.1, 0.15) is 54.7 Å². The Balaban J connectivity index is 1.14. The molecule has 4 saturated heterocycles. The lowest BCUT2D eigenvalue weighted by atomic mass is 9.76. The van der Waals surface area contributed by atoms with Crippen molar-refractivity contribution in [3.05, 3.63) is 17.5 Å². The molecular weight excluding hydrogens is 408 g/mol. The fourth-order valence-electron chi connectivity index (χ4n) is 6.11. The number of hydrogen-bond donors (Lipinski definition) is 1. The summed E-state index contributed by atoms with van der Waals surface area (Å²) in [5.74, 6) is 0.971. The van der Waals surface area contributed by atoms with Crippen molar-refractivity contribution in [3.8, 4) is 0 Å². The van der Waals surface area contributed by atoms with Crippen LogP contribution in [0.5, 0.6) is 0 Å². The van der Waals surface area contributed by atoms with Crippen LogP contribution in [0.15, 0.2) is 6.07 Å². The van der Waals surface area contributed by atoms with Gasteiger partial charge in [-0.3, -0.25) is 14.3 Å². The Kier molecular flexibility index (Phi) is 5.59. The minimum Gasteiger partial charge on any atom is -0.348 e. The second kappa shape index (κ2) is 8.41. The third kappa shape index (κ3) is 3.97. The highest BCUT2D eigenvalue weighted by Crippen LogP contribution is 2.38. The number of fused-ring (bicyclic) bond motifs is 4. The van der Waals surface area contributed by atoms with Crippen molar-refractivity contribution in [2.75, 3.05) is 32.7 Å². The molecule has 32 heavy (non-hydrogen) atoms. The van der Waals surface area contributed by atoms with Gasteiger partial charge < -0.3 is 20.0 Å². The van der Waals surface area contributed by atoms with Gasteiger partial charge in [-0.15, -0.1) is 0 Å². The van der Waals surface area contributed by atoms with Gasteiger partial charge in [-0.1, -0.05) is 0 Å². The molecule has 9 heteroatoms. The average Bonchev–Trinajstić information content (AvgIpc) is 3.13. The molecule has 5 heterocycles. The molecule has 1 N–H and O–H groups in total. The maximum absolute atomic E-state index is 13.3. The van der Waals surface area contributed by atoms with Crippen molar-refractivity contribution < 1.29 is 14.4 Å². The Hall–Kier alpha value is -2.58. The minimum absolute atomic E-state index is 0.0661. The number of nitrogens with one attached hydrogen (secondary N) is 1. The lowest BCUT2D eigenvalue weighted by Gasteiger charge is -2.53. The first-order valence-electron chi connectivity index (χ1n) is 12.0. The Morgan fingerprint density at radius 1 is 1.09 bits per heavy atom. The molecule has 1 aromatic heterocycles. The zero-order valence-corrected chi connectivity index (χ0v) is 19.1. The smallest absolute Gasteiger partial charge is 0.320 e. The summed E-state index contributed by atoms with van der Waals surface area (Å²) >= 11 is 0. The summed E-state index contributed by atoms with van der Waals surface area (Å²) in [4.78, 5) is 44.2. The lowest BCUT2D eigenvalue weighted by Crippen LogP contribution is -2.62. The van der Waals surface area contributed by atoms with E-state index in [0.29, 0.717) is 49.0 Å². The quantitative estimate of drug-likeness (QED) is 0.749. The second-order valence-corrected chi connectivity index (χ2v) is 10.1. The second-order valence-electron chi connectivity index (χ2n) is 10.1. The van der Waals surface area contributed by atoms with E-state index in [0.717, 1.165) is 57.4 Å². The summed E-state index contributed by atoms with van der Waals surface area (Å²) < 4.78 is 1.70. The fraction of sp³-hybridized carbons (Fsp3) is 0.739. The minimum atomic E-state index is -0.145. The third-order valence-corrected chi connectivity index (χ3v) is 7.90. The molecule has 1 aromatic rings. The Labute approximate surface area is 189 Å². The van der Waals surface area contributed by atoms with Crippen molar-refractivity contribution >= 4 is 17.8 Å². The summed E-state index contributed by atoms with van der Waals surface area (Å²) in [6.45, 7) is 5.56. The Morgan fingerprint density at radius 3 is 2.59 bits per heavy atom. The number of rotatable bonds is 2. The van der Waals surface area contributed by atoms with E-state index in [9.17, 15) is 14.4 Å². The van der Waals surface area contributed by atoms with E-state index < -0.39 is 0 Å². The highest BCUT2D eigenvalue weighted by atomic mass is 16.2. The fourth-order valence-corrected chi connectivity index (χ4v) is 6.11. The number of aromatic nitrogens is 2. The molecule has 4 fully saturated rings. The predicted octanol–water partition coefficient (Wildman–Crippen LogP) is 1.38. The number of aryl methyl sites for hydroxylation is 2. The largest absolute Gasteiger partial charge is 0.348 e. The van der Waals surface area contributed by atoms with Crippen LogP contribution >= 0.6 is 0 Å². The number of urea groups is 1. The van der Waals surface area contributed by atoms with Gasteiger partial charge in [-0.05, 0) is 56.9 Å². The molecule has 4 aliphatic heterocycles. The number of nitrogens with zero attached hydrogens (tertiary/aromatic N) is 5. The van der Waals surface area contributed by atoms with Crippen LogP contribution in [0, 0.1) is 18.8 Å². The highest BCUT2D eigenvalue weighted by molar-refractivity contribution is 5.92. The van der Waals surface area contributed by atoms with Gasteiger partial charge in [0.2, 0.25) is 5.91 Å². The molecule has 0 spiro atoms. The summed E-state index contributed by atoms with van der Waals surface area (Å²) in [6, 6.07) is 2.30. The highest BCUT2D eigenvalue weighted by Gasteiger charge is 2.45. The Bertz CT molecular complexity index is 886. The maximum Gasteiger partial charge on any atom is 0.320 e. The molecule has 0 aromatic carbocycles. The molecule has 0 radical (unpaired) electrons. The van der Waals surface area contributed by atoms with Gasteiger partial charge in [0.1, 0.15) is 5.69 Å². The third-order valence-electron chi connectivity index (χ3n) is 7.90. The van der Waals surface area contributed by atoms with Gasteiger partial charge in [0.15, 0.2) is 0 Å². The van der Waals surface area contributed by atoms with Crippen LogP contribution in [-0.4, -0.2) is 87.1 Å². The van der Waals surface area contributed by atoms with Crippen molar-refractivity contribution in [3.63, 3.8) is 0 Å². The number of carbonyl (C=O) groups is 3. The maximum atomic E-state index is 13.3. The van der Waals surface area contributed by atoms with Gasteiger partial charge in [0, 0.05) is 64.0 Å². The molecule has 0 saturated carbocycles. The van der Waals surface area contributed by atoms with Crippen LogP contribution in [-0.2, 0) is 11.8 Å². The topological polar surface area (TPSA) is 90.8 Å². The molecule has 0 aliphatic carbocycles. The Morgan fingerprint density at radius 2 is 1.88 bits per heavy atom. The summed E-state index contributed by atoms with van der Waals surface area (Å²) in [5.41, 5.74) is 1.39. The normalized spacial score (nSPS) is 28.5. The van der Waals surface area contributed by atoms with Crippen LogP contribution in [0.3, 0.4) is 0 Å². The predicted molar refractivity (Wildman–Crippen MR) is 118 cm³/mol. The van der Waals surface area contributed by atoms with Gasteiger partial charge >= 0.3 is 6.03 Å². The van der Waals surface area contributed by atoms with Gasteiger partial charge in [0.05, 0.1) is 0 Å². The van der Waals surface area contributed by atoms with Crippen molar-refractivity contribution in [1.82, 2.24) is 29.8 Å². The van der Waals surface area contributed by atoms with Crippen LogP contribution < -0.4 is 5.32 Å². The van der Waals surface area contributed by atoms with E-state index in [1.807, 2.05) is 23.8 Å². The van der Waals surface area contributed by atoms with Gasteiger partial charge in [-0.25, -0.2) is 4.79 Å². The van der Waals surface area contributed by atoms with Crippen LogP contribution in [0.25, 0.3) is 0 Å². The molecule has 2 bridgehead atoms. The van der Waals surface area contributed by atoms with E-state index in [1.165, 1.54) is 0 Å². The number of carbonyl (C=O) groups excluding carboxylic acids is 3. The number of amides is 4. The van der Waals surface area contributed by atoms with Crippen molar-refractivity contribution in [2.24, 2.45) is 18.9 Å². The SMILES string of the molecule is Cc1cc(C(=O)NC2CCN(C(=O)N3C[C@H]4C[C@H](C3)[C@H]3CCCC(=O)N3C4)CC2)nn1C. The molecule has 174 valence electrons. The van der Waals surface area contributed by atoms with E-state index in [-0.39, 0.29) is 18.0 Å². The summed E-state index contributed by atoms with van der Waals surface area (Å²) in [6.07, 6.45) is 5.39. The average molecular weight is 443 g/mol. The molecular formula is C23H34N6O3. The molecule has 3 atom stereocenters. The van der Waals surface area contributed by atoms with E-state index in [2.05, 4.69) is 15.3 Å². The molecule has 5 rings (SSSR count). The number of hydrogen-bond acceptors (Lipinski definition) is 4. The number of likely N-dealkylation sites (tertiary alicyclic amines) is 2. The van der Waals surface area contributed by atoms with Crippen molar-refractivity contribution in [2.45, 2.75) is 57.5 Å². The summed E-state index contributed by atoms with van der Waals surface area (Å²) in [7, 11) is 1.83. The van der Waals surface area contributed by atoms with E-state index in [1.54, 1.807) is 10.7 Å². The van der Waals surface area contributed by atoms with Gasteiger partial charge in [-0.2, -0.15) is 5.10 Å². The first kappa shape index (κ1) is 21.3. The zero-order chi connectivity index (χ0) is 22.4. The van der Waals surface area contributed by atoms with Crippen LogP contribution in [0.2, 0.25) is 0 Å². The van der Waals surface area contributed by atoms with Crippen molar-refractivity contribution in [1.29, 1.82) is 0 Å². The first-order chi connectivity index (χ1) is 15.4. The van der Waals surface area contributed by atoms with E-state index >= 15 is 0 Å². The molecule has 4 amide bonds. The number of piperidine rings is 4. The molecule has 0 unspecified atom stereocenters. The monoisotopic (exact) mass is 442 g/mol. The van der Waals surface area contributed by atoms with Crippen LogP contribution in [0.4, 0.5) is 4.79 Å². The zero-order valence-electron chi connectivity index (χ0n) is 19.1. The molecule has 9 nitrogen and oxygen atoms in total. The first-order valence-corrected chi connectivity index (χ1v) is 12.0. The van der Waals surface area contributed by atoms with E-state index in [4.69, 9.17) is 0 Å². The standard InChI is InChI=1S/C23H34N6O3/c1-15-10-19(25-26(15)2)22(31)24-18-6-8-27(9-7-18)23(32)28-12-16-11-17(14-28)20-4-3-5-21(30)29(20)13-16/h10,16-18,20H,3-9,11-14H2,1-2H3,(H,24,31)/t16-,17-,20-/m1/s1. The lowest BCUT2D eigenvalue weighted by molar-refractivity contribution is -0.144. The molecule has 4 aliphatic rings. The van der Waals surface area contributed by atoms with Gasteiger partial charge in [0.25, 0.3) is 5.91 Å². The summed E-state index contributed by atoms with van der Waals surface area (Å²) in [5, 5.41) is 7.33.